The largest absolute Gasteiger partial charge is 0.444 e. The van der Waals surface area contributed by atoms with Crippen LogP contribution in [0.4, 0.5) is 4.79 Å². The third-order valence-electron chi connectivity index (χ3n) is 4.12. The summed E-state index contributed by atoms with van der Waals surface area (Å²) in [7, 11) is 0. The quantitative estimate of drug-likeness (QED) is 0.682. The number of hydrogen-bond donors (Lipinski definition) is 2. The van der Waals surface area contributed by atoms with E-state index in [-0.39, 0.29) is 11.5 Å². The highest BCUT2D eigenvalue weighted by atomic mass is 16.6. The summed E-state index contributed by atoms with van der Waals surface area (Å²) in [6.45, 7) is 6.62. The van der Waals surface area contributed by atoms with Gasteiger partial charge in [-0.1, -0.05) is 0 Å². The summed E-state index contributed by atoms with van der Waals surface area (Å²) in [5.74, 6) is 0. The van der Waals surface area contributed by atoms with E-state index in [9.17, 15) is 15.0 Å². The highest BCUT2D eigenvalue weighted by molar-refractivity contribution is 5.68. The Balaban J connectivity index is 1.89. The van der Waals surface area contributed by atoms with Crippen LogP contribution in [0.15, 0.2) is 0 Å². The second-order valence-corrected chi connectivity index (χ2v) is 6.47. The topological polar surface area (TPSA) is 70.0 Å². The number of nitrogens with zero attached hydrogens (tertiary/aromatic N) is 1. The van der Waals surface area contributed by atoms with Crippen LogP contribution in [-0.4, -0.2) is 52.1 Å². The number of amides is 1. The lowest BCUT2D eigenvalue weighted by Gasteiger charge is -2.54. The van der Waals surface area contributed by atoms with Crippen molar-refractivity contribution in [2.45, 2.75) is 57.8 Å². The van der Waals surface area contributed by atoms with Gasteiger partial charge in [-0.3, -0.25) is 0 Å². The Morgan fingerprint density at radius 1 is 1.22 bits per heavy atom. The minimum atomic E-state index is -0.484. The number of likely N-dealkylation sites (tertiary alicyclic amines) is 1. The zero-order valence-corrected chi connectivity index (χ0v) is 11.3. The van der Waals surface area contributed by atoms with Crippen LogP contribution in [0.5, 0.6) is 0 Å². The Morgan fingerprint density at radius 2 is 1.72 bits per heavy atom. The van der Waals surface area contributed by atoms with Crippen molar-refractivity contribution in [1.29, 1.82) is 0 Å². The molecule has 0 aromatic heterocycles. The molecule has 2 N–H and O–H groups in total. The Morgan fingerprint density at radius 3 is 2.11 bits per heavy atom. The Labute approximate surface area is 108 Å². The molecule has 0 aromatic rings. The molecule has 1 saturated carbocycles. The van der Waals surface area contributed by atoms with Crippen LogP contribution < -0.4 is 0 Å². The van der Waals surface area contributed by atoms with E-state index in [2.05, 4.69) is 0 Å². The maximum atomic E-state index is 11.9. The van der Waals surface area contributed by atoms with Crippen LogP contribution in [0.3, 0.4) is 0 Å². The molecule has 0 bridgehead atoms. The minimum absolute atomic E-state index is 0.305. The van der Waals surface area contributed by atoms with Gasteiger partial charge in [-0.05, 0) is 33.6 Å². The average molecular weight is 257 g/mol. The summed E-state index contributed by atoms with van der Waals surface area (Å²) < 4.78 is 5.31. The summed E-state index contributed by atoms with van der Waals surface area (Å²) in [5, 5.41) is 19.6. The second kappa shape index (κ2) is 4.38. The molecule has 18 heavy (non-hydrogen) atoms. The second-order valence-electron chi connectivity index (χ2n) is 6.47. The number of carbonyl (C=O) groups excluding carboxylic acids is 1. The van der Waals surface area contributed by atoms with Crippen molar-refractivity contribution in [2.24, 2.45) is 5.41 Å². The van der Waals surface area contributed by atoms with Gasteiger partial charge in [0, 0.05) is 24.9 Å². The molecule has 1 spiro atoms. The molecule has 1 amide bonds. The van der Waals surface area contributed by atoms with Crippen molar-refractivity contribution in [2.75, 3.05) is 13.1 Å². The molecule has 2 atom stereocenters. The van der Waals surface area contributed by atoms with E-state index in [1.807, 2.05) is 20.8 Å². The summed E-state index contributed by atoms with van der Waals surface area (Å²) in [4.78, 5) is 13.5. The molecular formula is C13H23NO4. The van der Waals surface area contributed by atoms with Gasteiger partial charge >= 0.3 is 6.09 Å². The first-order chi connectivity index (χ1) is 8.24. The van der Waals surface area contributed by atoms with E-state index in [0.717, 1.165) is 0 Å². The SMILES string of the molecule is CC(C)(C)OC(=O)N1CCC2(CC1)C(O)CC2O. The highest BCUT2D eigenvalue weighted by Crippen LogP contribution is 2.49. The fourth-order valence-electron chi connectivity index (χ4n) is 2.84. The molecule has 2 rings (SSSR count). The highest BCUT2D eigenvalue weighted by Gasteiger charge is 2.55. The summed E-state index contributed by atoms with van der Waals surface area (Å²) in [5.41, 5.74) is -0.861. The number of rotatable bonds is 0. The van der Waals surface area contributed by atoms with Crippen molar-refractivity contribution < 1.29 is 19.7 Å². The fraction of sp³-hybridized carbons (Fsp3) is 0.923. The third-order valence-corrected chi connectivity index (χ3v) is 4.12. The van der Waals surface area contributed by atoms with Crippen LogP contribution in [0.1, 0.15) is 40.0 Å². The van der Waals surface area contributed by atoms with E-state index in [4.69, 9.17) is 4.74 Å². The molecule has 1 aliphatic carbocycles. The maximum absolute atomic E-state index is 11.9. The summed E-state index contributed by atoms with van der Waals surface area (Å²) in [6, 6.07) is 0. The Kier molecular flexibility index (Phi) is 3.32. The zero-order valence-electron chi connectivity index (χ0n) is 11.3. The van der Waals surface area contributed by atoms with Crippen LogP contribution in [-0.2, 0) is 4.74 Å². The van der Waals surface area contributed by atoms with Crippen molar-refractivity contribution in [1.82, 2.24) is 4.90 Å². The molecule has 0 aromatic carbocycles. The van der Waals surface area contributed by atoms with Gasteiger partial charge in [-0.25, -0.2) is 4.79 Å². The molecule has 1 aliphatic heterocycles. The monoisotopic (exact) mass is 257 g/mol. The third kappa shape index (κ3) is 2.34. The van der Waals surface area contributed by atoms with Crippen molar-refractivity contribution in [3.63, 3.8) is 0 Å². The van der Waals surface area contributed by atoms with Gasteiger partial charge in [0.1, 0.15) is 5.60 Å². The molecule has 1 heterocycles. The summed E-state index contributed by atoms with van der Waals surface area (Å²) in [6.07, 6.45) is 0.609. The molecular weight excluding hydrogens is 234 g/mol. The molecule has 0 radical (unpaired) electrons. The van der Waals surface area contributed by atoms with Gasteiger partial charge in [0.05, 0.1) is 12.2 Å². The molecule has 5 nitrogen and oxygen atoms in total. The van der Waals surface area contributed by atoms with E-state index in [1.54, 1.807) is 4.90 Å². The first kappa shape index (κ1) is 13.6. The van der Waals surface area contributed by atoms with E-state index in [1.165, 1.54) is 0 Å². The summed E-state index contributed by atoms with van der Waals surface area (Å²) >= 11 is 0. The van der Waals surface area contributed by atoms with E-state index < -0.39 is 17.8 Å². The van der Waals surface area contributed by atoms with E-state index >= 15 is 0 Å². The lowest BCUT2D eigenvalue weighted by molar-refractivity contribution is -0.188. The van der Waals surface area contributed by atoms with Gasteiger partial charge in [0.2, 0.25) is 0 Å². The van der Waals surface area contributed by atoms with Crippen molar-refractivity contribution >= 4 is 6.09 Å². The predicted octanol–water partition coefficient (Wildman–Crippen LogP) is 1.13. The lowest BCUT2D eigenvalue weighted by Crippen LogP contribution is -2.62. The lowest BCUT2D eigenvalue weighted by atomic mass is 9.58. The minimum Gasteiger partial charge on any atom is -0.444 e. The smallest absolute Gasteiger partial charge is 0.410 e. The van der Waals surface area contributed by atoms with Crippen LogP contribution in [0.2, 0.25) is 0 Å². The van der Waals surface area contributed by atoms with E-state index in [0.29, 0.717) is 32.4 Å². The molecule has 104 valence electrons. The van der Waals surface area contributed by atoms with Gasteiger partial charge in [0.25, 0.3) is 0 Å². The van der Waals surface area contributed by atoms with Crippen molar-refractivity contribution in [3.8, 4) is 0 Å². The first-order valence-electron chi connectivity index (χ1n) is 6.59. The number of carbonyl (C=O) groups is 1. The van der Waals surface area contributed by atoms with Crippen LogP contribution in [0, 0.1) is 5.41 Å². The number of piperidine rings is 1. The number of aliphatic hydroxyl groups excluding tert-OH is 2. The Hall–Kier alpha value is -0.810. The molecule has 2 fully saturated rings. The molecule has 2 aliphatic rings. The fourth-order valence-corrected chi connectivity index (χ4v) is 2.84. The number of ether oxygens (including phenoxy) is 1. The normalized spacial score (nSPS) is 31.1. The zero-order chi connectivity index (χ0) is 13.6. The Bertz CT molecular complexity index is 318. The molecule has 2 unspecified atom stereocenters. The standard InChI is InChI=1S/C13H23NO4/c1-12(2,3)18-11(17)14-6-4-13(5-7-14)9(15)8-10(13)16/h9-10,15-16H,4-8H2,1-3H3. The molecule has 1 saturated heterocycles. The predicted molar refractivity (Wildman–Crippen MR) is 66.1 cm³/mol. The number of hydrogen-bond acceptors (Lipinski definition) is 4. The van der Waals surface area contributed by atoms with Gasteiger partial charge < -0.3 is 19.8 Å². The van der Waals surface area contributed by atoms with Gasteiger partial charge in [-0.2, -0.15) is 0 Å². The van der Waals surface area contributed by atoms with Crippen molar-refractivity contribution in [3.05, 3.63) is 0 Å². The average Bonchev–Trinajstić information content (AvgIpc) is 2.27. The molecule has 5 heteroatoms. The maximum Gasteiger partial charge on any atom is 0.410 e. The van der Waals surface area contributed by atoms with Gasteiger partial charge in [0.15, 0.2) is 0 Å². The first-order valence-corrected chi connectivity index (χ1v) is 6.59. The number of aliphatic hydroxyl groups is 2. The van der Waals surface area contributed by atoms with Crippen LogP contribution in [0.25, 0.3) is 0 Å². The van der Waals surface area contributed by atoms with Crippen LogP contribution >= 0.6 is 0 Å². The van der Waals surface area contributed by atoms with Gasteiger partial charge in [-0.15, -0.1) is 0 Å².